The topological polar surface area (TPSA) is 65.1 Å². The van der Waals surface area contributed by atoms with Crippen molar-refractivity contribution in [3.63, 3.8) is 0 Å². The van der Waals surface area contributed by atoms with Gasteiger partial charge in [0.25, 0.3) is 5.91 Å². The Morgan fingerprint density at radius 1 is 1.08 bits per heavy atom. The van der Waals surface area contributed by atoms with Crippen molar-refractivity contribution < 1.29 is 4.79 Å². The van der Waals surface area contributed by atoms with Gasteiger partial charge < -0.3 is 14.8 Å². The number of para-hydroxylation sites is 1. The van der Waals surface area contributed by atoms with Crippen LogP contribution in [0.3, 0.4) is 0 Å². The molecule has 2 aromatic heterocycles. The minimum absolute atomic E-state index is 0.0764. The Labute approximate surface area is 140 Å². The maximum absolute atomic E-state index is 12.9. The highest BCUT2D eigenvalue weighted by Gasteiger charge is 2.24. The third-order valence-electron chi connectivity index (χ3n) is 4.43. The molecule has 1 N–H and O–H groups in total. The number of hydrogen-bond acceptors (Lipinski definition) is 4. The molecule has 0 bridgehead atoms. The van der Waals surface area contributed by atoms with E-state index in [-0.39, 0.29) is 5.91 Å². The van der Waals surface area contributed by atoms with Gasteiger partial charge in [-0.1, -0.05) is 12.1 Å². The van der Waals surface area contributed by atoms with Crippen molar-refractivity contribution in [1.82, 2.24) is 19.9 Å². The first-order valence-corrected chi connectivity index (χ1v) is 8.11. The Balaban J connectivity index is 1.48. The van der Waals surface area contributed by atoms with Crippen LogP contribution in [0, 0.1) is 6.92 Å². The number of benzene rings is 1. The molecule has 1 saturated heterocycles. The molecule has 122 valence electrons. The van der Waals surface area contributed by atoms with Crippen LogP contribution in [0.2, 0.25) is 0 Å². The molecule has 0 atom stereocenters. The Kier molecular flexibility index (Phi) is 3.65. The van der Waals surface area contributed by atoms with Crippen LogP contribution in [-0.2, 0) is 0 Å². The first kappa shape index (κ1) is 14.7. The summed E-state index contributed by atoms with van der Waals surface area (Å²) in [5.41, 5.74) is 2.69. The number of nitrogens with one attached hydrogen (secondary N) is 1. The van der Waals surface area contributed by atoms with E-state index in [4.69, 9.17) is 0 Å². The number of anilines is 1. The second-order valence-corrected chi connectivity index (χ2v) is 6.09. The van der Waals surface area contributed by atoms with Crippen LogP contribution < -0.4 is 4.90 Å². The van der Waals surface area contributed by atoms with Crippen LogP contribution in [-0.4, -0.2) is 51.9 Å². The van der Waals surface area contributed by atoms with Crippen LogP contribution in [0.4, 0.5) is 5.95 Å². The van der Waals surface area contributed by atoms with Crippen LogP contribution in [0.5, 0.6) is 0 Å². The largest absolute Gasteiger partial charge is 0.361 e. The monoisotopic (exact) mass is 321 g/mol. The maximum Gasteiger partial charge on any atom is 0.256 e. The van der Waals surface area contributed by atoms with Crippen LogP contribution in [0.15, 0.2) is 42.9 Å². The summed E-state index contributed by atoms with van der Waals surface area (Å²) in [4.78, 5) is 28.8. The molecule has 1 aromatic carbocycles. The Morgan fingerprint density at radius 2 is 1.83 bits per heavy atom. The minimum atomic E-state index is 0.0764. The molecule has 1 amide bonds. The number of fused-ring (bicyclic) bond motifs is 1. The van der Waals surface area contributed by atoms with Gasteiger partial charge in [0, 0.05) is 50.2 Å². The fourth-order valence-electron chi connectivity index (χ4n) is 3.09. The number of carbonyl (C=O) groups excluding carboxylic acids is 1. The third kappa shape index (κ3) is 2.60. The van der Waals surface area contributed by atoms with Crippen LogP contribution in [0.1, 0.15) is 15.9 Å². The highest BCUT2D eigenvalue weighted by Crippen LogP contribution is 2.20. The summed E-state index contributed by atoms with van der Waals surface area (Å²) in [5, 5.41) is 1.06. The summed E-state index contributed by atoms with van der Waals surface area (Å²) in [6.45, 7) is 4.81. The van der Waals surface area contributed by atoms with Gasteiger partial charge in [-0.05, 0) is 24.6 Å². The van der Waals surface area contributed by atoms with Crippen molar-refractivity contribution in [2.45, 2.75) is 6.92 Å². The predicted molar refractivity (Wildman–Crippen MR) is 93.2 cm³/mol. The average molecular weight is 321 g/mol. The molecule has 3 heterocycles. The zero-order valence-electron chi connectivity index (χ0n) is 13.6. The smallest absolute Gasteiger partial charge is 0.256 e. The third-order valence-corrected chi connectivity index (χ3v) is 4.43. The lowest BCUT2D eigenvalue weighted by atomic mass is 10.1. The molecule has 0 spiro atoms. The molecule has 0 aliphatic carbocycles. The van der Waals surface area contributed by atoms with Gasteiger partial charge in [-0.25, -0.2) is 9.97 Å². The average Bonchev–Trinajstić information content (AvgIpc) is 3.11. The first-order chi connectivity index (χ1) is 11.7. The van der Waals surface area contributed by atoms with E-state index in [0.29, 0.717) is 13.1 Å². The molecule has 4 rings (SSSR count). The van der Waals surface area contributed by atoms with Gasteiger partial charge >= 0.3 is 0 Å². The second-order valence-electron chi connectivity index (χ2n) is 6.09. The van der Waals surface area contributed by atoms with Crippen molar-refractivity contribution in [1.29, 1.82) is 0 Å². The van der Waals surface area contributed by atoms with Crippen molar-refractivity contribution >= 4 is 22.8 Å². The molecule has 1 aliphatic heterocycles. The quantitative estimate of drug-likeness (QED) is 0.786. The molecule has 0 radical (unpaired) electrons. The molecule has 6 heteroatoms. The lowest BCUT2D eigenvalue weighted by Gasteiger charge is -2.34. The van der Waals surface area contributed by atoms with Gasteiger partial charge in [0.15, 0.2) is 0 Å². The molecular formula is C18H19N5O. The van der Waals surface area contributed by atoms with E-state index >= 15 is 0 Å². The standard InChI is InChI=1S/C18H19N5O/c1-13-11-20-18(21-12-13)23-9-7-22(8-10-23)17(24)15-4-2-3-14-5-6-19-16(14)15/h2-6,11-12,19H,7-10H2,1H3. The van der Waals surface area contributed by atoms with E-state index in [1.807, 2.05) is 54.7 Å². The van der Waals surface area contributed by atoms with E-state index in [1.54, 1.807) is 0 Å². The van der Waals surface area contributed by atoms with Gasteiger partial charge in [0.1, 0.15) is 0 Å². The molecule has 3 aromatic rings. The van der Waals surface area contributed by atoms with E-state index < -0.39 is 0 Å². The highest BCUT2D eigenvalue weighted by molar-refractivity contribution is 6.05. The van der Waals surface area contributed by atoms with Gasteiger partial charge in [0.05, 0.1) is 11.1 Å². The van der Waals surface area contributed by atoms with Crippen molar-refractivity contribution in [2.24, 2.45) is 0 Å². The van der Waals surface area contributed by atoms with Gasteiger partial charge in [-0.3, -0.25) is 4.79 Å². The SMILES string of the molecule is Cc1cnc(N2CCN(C(=O)c3cccc4cc[nH]c34)CC2)nc1. The van der Waals surface area contributed by atoms with Crippen molar-refractivity contribution in [3.05, 3.63) is 54.0 Å². The van der Waals surface area contributed by atoms with Gasteiger partial charge in [-0.15, -0.1) is 0 Å². The number of aryl methyl sites for hydroxylation is 1. The number of H-pyrrole nitrogens is 1. The summed E-state index contributed by atoms with van der Waals surface area (Å²) in [6.07, 6.45) is 5.52. The first-order valence-electron chi connectivity index (χ1n) is 8.11. The highest BCUT2D eigenvalue weighted by atomic mass is 16.2. The molecule has 24 heavy (non-hydrogen) atoms. The number of aromatic nitrogens is 3. The molecule has 0 unspecified atom stereocenters. The zero-order chi connectivity index (χ0) is 16.5. The summed E-state index contributed by atoms with van der Waals surface area (Å²) >= 11 is 0. The van der Waals surface area contributed by atoms with Crippen LogP contribution in [0.25, 0.3) is 10.9 Å². The normalized spacial score (nSPS) is 15.0. The van der Waals surface area contributed by atoms with Crippen LogP contribution >= 0.6 is 0 Å². The molecule has 1 aliphatic rings. The Bertz CT molecular complexity index is 863. The summed E-state index contributed by atoms with van der Waals surface area (Å²) in [6, 6.07) is 7.81. The Hall–Kier alpha value is -2.89. The summed E-state index contributed by atoms with van der Waals surface area (Å²) in [5.74, 6) is 0.812. The number of piperazine rings is 1. The van der Waals surface area contributed by atoms with E-state index in [1.165, 1.54) is 0 Å². The van der Waals surface area contributed by atoms with Gasteiger partial charge in [0.2, 0.25) is 5.95 Å². The van der Waals surface area contributed by atoms with E-state index in [2.05, 4.69) is 19.9 Å². The Morgan fingerprint density at radius 3 is 2.58 bits per heavy atom. The fraction of sp³-hybridized carbons (Fsp3) is 0.278. The predicted octanol–water partition coefficient (Wildman–Crippen LogP) is 2.23. The number of carbonyl (C=O) groups is 1. The van der Waals surface area contributed by atoms with Crippen molar-refractivity contribution in [3.8, 4) is 0 Å². The summed E-state index contributed by atoms with van der Waals surface area (Å²) < 4.78 is 0. The minimum Gasteiger partial charge on any atom is -0.361 e. The van der Waals surface area contributed by atoms with E-state index in [0.717, 1.165) is 41.1 Å². The number of hydrogen-bond donors (Lipinski definition) is 1. The molecule has 1 fully saturated rings. The maximum atomic E-state index is 12.9. The fourth-order valence-corrected chi connectivity index (χ4v) is 3.09. The number of rotatable bonds is 2. The molecule has 0 saturated carbocycles. The van der Waals surface area contributed by atoms with E-state index in [9.17, 15) is 4.79 Å². The number of aromatic amines is 1. The second kappa shape index (κ2) is 5.96. The van der Waals surface area contributed by atoms with Crippen molar-refractivity contribution in [2.75, 3.05) is 31.1 Å². The number of amides is 1. The zero-order valence-corrected chi connectivity index (χ0v) is 13.6. The lowest BCUT2D eigenvalue weighted by molar-refractivity contribution is 0.0748. The number of nitrogens with zero attached hydrogens (tertiary/aromatic N) is 4. The lowest BCUT2D eigenvalue weighted by Crippen LogP contribution is -2.49. The van der Waals surface area contributed by atoms with Gasteiger partial charge in [-0.2, -0.15) is 0 Å². The molecular weight excluding hydrogens is 302 g/mol. The molecule has 6 nitrogen and oxygen atoms in total. The summed E-state index contributed by atoms with van der Waals surface area (Å²) in [7, 11) is 0.